The Bertz CT molecular complexity index is 1090. The first-order chi connectivity index (χ1) is 16.4. The molecular weight excluding hydrogens is 454 g/mol. The molecule has 0 spiro atoms. The maximum absolute atomic E-state index is 13.4. The molecule has 1 heterocycles. The molecule has 1 aromatic heterocycles. The van der Waals surface area contributed by atoms with Gasteiger partial charge >= 0.3 is 0 Å². The SMILES string of the molecule is COCCn1c(CN(CC2CC2)C(=O)C2CCCC2)cnc1S(=O)(=O)Cc1cccc(OC)c1. The number of methoxy groups -OCH3 is 2. The number of sulfone groups is 1. The molecule has 0 radical (unpaired) electrons. The second-order valence-electron chi connectivity index (χ2n) is 9.43. The third kappa shape index (κ3) is 5.99. The molecule has 34 heavy (non-hydrogen) atoms. The molecule has 1 aromatic carbocycles. The summed E-state index contributed by atoms with van der Waals surface area (Å²) in [7, 11) is -0.583. The summed E-state index contributed by atoms with van der Waals surface area (Å²) in [6, 6.07) is 7.04. The number of aromatic nitrogens is 2. The fraction of sp³-hybridized carbons (Fsp3) is 0.600. The van der Waals surface area contributed by atoms with Crippen molar-refractivity contribution in [1.29, 1.82) is 0 Å². The monoisotopic (exact) mass is 489 g/mol. The first-order valence-corrected chi connectivity index (χ1v) is 13.7. The number of benzene rings is 1. The molecule has 8 nitrogen and oxygen atoms in total. The topological polar surface area (TPSA) is 90.7 Å². The standard InChI is InChI=1S/C25H35N3O5S/c1-32-13-12-28-22(17-27(16-19-10-11-19)24(29)21-7-3-4-8-21)15-26-25(28)34(30,31)18-20-6-5-9-23(14-20)33-2/h5-6,9,14-15,19,21H,3-4,7-8,10-13,16-18H2,1-2H3. The van der Waals surface area contributed by atoms with E-state index in [0.717, 1.165) is 50.8 Å². The molecule has 0 bridgehead atoms. The van der Waals surface area contributed by atoms with E-state index in [-0.39, 0.29) is 22.7 Å². The average Bonchev–Trinajstić information content (AvgIpc) is 3.30. The number of imidazole rings is 1. The van der Waals surface area contributed by atoms with Gasteiger partial charge in [0.15, 0.2) is 0 Å². The van der Waals surface area contributed by atoms with Gasteiger partial charge < -0.3 is 18.9 Å². The van der Waals surface area contributed by atoms with Gasteiger partial charge in [0.2, 0.25) is 20.9 Å². The normalized spacial score (nSPS) is 16.6. The van der Waals surface area contributed by atoms with Gasteiger partial charge in [-0.1, -0.05) is 25.0 Å². The van der Waals surface area contributed by atoms with Crippen LogP contribution in [-0.2, 0) is 38.2 Å². The van der Waals surface area contributed by atoms with Crippen LogP contribution in [0, 0.1) is 11.8 Å². The number of rotatable bonds is 12. The summed E-state index contributed by atoms with van der Waals surface area (Å²) in [4.78, 5) is 19.6. The minimum Gasteiger partial charge on any atom is -0.497 e. The summed E-state index contributed by atoms with van der Waals surface area (Å²) >= 11 is 0. The zero-order valence-electron chi connectivity index (χ0n) is 20.1. The van der Waals surface area contributed by atoms with E-state index in [1.165, 1.54) is 0 Å². The highest BCUT2D eigenvalue weighted by atomic mass is 32.2. The van der Waals surface area contributed by atoms with Gasteiger partial charge in [0.25, 0.3) is 0 Å². The first-order valence-electron chi connectivity index (χ1n) is 12.1. The quantitative estimate of drug-likeness (QED) is 0.454. The highest BCUT2D eigenvalue weighted by Gasteiger charge is 2.33. The van der Waals surface area contributed by atoms with E-state index >= 15 is 0 Å². The summed E-state index contributed by atoms with van der Waals surface area (Å²) in [6.45, 7) is 1.81. The van der Waals surface area contributed by atoms with Crippen molar-refractivity contribution in [3.8, 4) is 5.75 Å². The van der Waals surface area contributed by atoms with Crippen molar-refractivity contribution in [2.24, 2.45) is 11.8 Å². The number of nitrogens with zero attached hydrogens (tertiary/aromatic N) is 3. The van der Waals surface area contributed by atoms with Crippen LogP contribution in [-0.4, -0.2) is 56.1 Å². The van der Waals surface area contributed by atoms with Gasteiger partial charge in [-0.15, -0.1) is 0 Å². The Hall–Kier alpha value is -2.39. The van der Waals surface area contributed by atoms with Crippen LogP contribution in [0.4, 0.5) is 0 Å². The Morgan fingerprint density at radius 1 is 1.18 bits per heavy atom. The molecule has 2 aromatic rings. The largest absolute Gasteiger partial charge is 0.497 e. The van der Waals surface area contributed by atoms with E-state index in [1.54, 1.807) is 49.2 Å². The van der Waals surface area contributed by atoms with Crippen molar-refractivity contribution >= 4 is 15.7 Å². The van der Waals surface area contributed by atoms with Gasteiger partial charge in [0, 0.05) is 26.1 Å². The Kier molecular flexibility index (Phi) is 7.93. The average molecular weight is 490 g/mol. The van der Waals surface area contributed by atoms with E-state index in [2.05, 4.69) is 4.98 Å². The lowest BCUT2D eigenvalue weighted by Gasteiger charge is -2.26. The Balaban J connectivity index is 1.59. The highest BCUT2D eigenvalue weighted by Crippen LogP contribution is 2.33. The summed E-state index contributed by atoms with van der Waals surface area (Å²) in [5, 5.41) is 0.0158. The summed E-state index contributed by atoms with van der Waals surface area (Å²) in [6.07, 6.45) is 8.01. The van der Waals surface area contributed by atoms with Crippen LogP contribution in [0.3, 0.4) is 0 Å². The van der Waals surface area contributed by atoms with Gasteiger partial charge in [0.1, 0.15) is 5.75 Å². The summed E-state index contributed by atoms with van der Waals surface area (Å²) in [5.41, 5.74) is 1.36. The van der Waals surface area contributed by atoms with Crippen molar-refractivity contribution in [2.75, 3.05) is 27.4 Å². The molecule has 2 fully saturated rings. The van der Waals surface area contributed by atoms with Gasteiger partial charge in [-0.05, 0) is 49.3 Å². The lowest BCUT2D eigenvalue weighted by molar-refractivity contribution is -0.136. The zero-order chi connectivity index (χ0) is 24.1. The third-order valence-corrected chi connectivity index (χ3v) is 8.33. The van der Waals surface area contributed by atoms with Crippen LogP contribution in [0.1, 0.15) is 49.8 Å². The summed E-state index contributed by atoms with van der Waals surface area (Å²) in [5.74, 6) is 1.27. The molecule has 1 amide bonds. The van der Waals surface area contributed by atoms with Gasteiger partial charge in [0.05, 0.1) is 37.9 Å². The molecule has 0 unspecified atom stereocenters. The molecule has 0 N–H and O–H groups in total. The number of ether oxygens (including phenoxy) is 2. The highest BCUT2D eigenvalue weighted by molar-refractivity contribution is 7.90. The Labute approximate surface area is 202 Å². The fourth-order valence-electron chi connectivity index (χ4n) is 4.71. The molecular formula is C25H35N3O5S. The van der Waals surface area contributed by atoms with E-state index in [0.29, 0.717) is 36.9 Å². The maximum Gasteiger partial charge on any atom is 0.228 e. The molecule has 0 atom stereocenters. The second kappa shape index (κ2) is 10.9. The fourth-order valence-corrected chi connectivity index (χ4v) is 6.21. The van der Waals surface area contributed by atoms with Gasteiger partial charge in [-0.3, -0.25) is 4.79 Å². The molecule has 2 saturated carbocycles. The molecule has 186 valence electrons. The molecule has 4 rings (SSSR count). The first kappa shape index (κ1) is 24.7. The van der Waals surface area contributed by atoms with E-state index in [4.69, 9.17) is 9.47 Å². The van der Waals surface area contributed by atoms with E-state index in [1.807, 2.05) is 4.90 Å². The van der Waals surface area contributed by atoms with Gasteiger partial charge in [-0.2, -0.15) is 0 Å². The number of carbonyl (C=O) groups excluding carboxylic acids is 1. The van der Waals surface area contributed by atoms with Crippen LogP contribution < -0.4 is 4.74 Å². The van der Waals surface area contributed by atoms with Crippen molar-refractivity contribution < 1.29 is 22.7 Å². The van der Waals surface area contributed by atoms with Crippen molar-refractivity contribution in [3.05, 3.63) is 41.7 Å². The minimum atomic E-state index is -3.72. The Morgan fingerprint density at radius 3 is 2.62 bits per heavy atom. The van der Waals surface area contributed by atoms with Crippen molar-refractivity contribution in [2.45, 2.75) is 62.5 Å². The van der Waals surface area contributed by atoms with E-state index < -0.39 is 9.84 Å². The minimum absolute atomic E-state index is 0.0158. The predicted molar refractivity (Wildman–Crippen MR) is 128 cm³/mol. The Morgan fingerprint density at radius 2 is 1.94 bits per heavy atom. The van der Waals surface area contributed by atoms with Crippen LogP contribution in [0.2, 0.25) is 0 Å². The molecule has 9 heteroatoms. The molecule has 2 aliphatic carbocycles. The number of carbonyl (C=O) groups is 1. The van der Waals surface area contributed by atoms with Gasteiger partial charge in [-0.25, -0.2) is 13.4 Å². The maximum atomic E-state index is 13.4. The summed E-state index contributed by atoms with van der Waals surface area (Å²) < 4.78 is 38.9. The van der Waals surface area contributed by atoms with Crippen LogP contribution in [0.15, 0.2) is 35.6 Å². The number of amides is 1. The molecule has 0 aliphatic heterocycles. The second-order valence-corrected chi connectivity index (χ2v) is 11.3. The number of hydrogen-bond acceptors (Lipinski definition) is 6. The van der Waals surface area contributed by atoms with Crippen molar-refractivity contribution in [3.63, 3.8) is 0 Å². The zero-order valence-corrected chi connectivity index (χ0v) is 20.9. The van der Waals surface area contributed by atoms with Crippen molar-refractivity contribution in [1.82, 2.24) is 14.5 Å². The predicted octanol–water partition coefficient (Wildman–Crippen LogP) is 3.44. The lowest BCUT2D eigenvalue weighted by atomic mass is 10.1. The number of hydrogen-bond donors (Lipinski definition) is 0. The van der Waals surface area contributed by atoms with Crippen LogP contribution in [0.25, 0.3) is 0 Å². The van der Waals surface area contributed by atoms with Crippen LogP contribution >= 0.6 is 0 Å². The third-order valence-electron chi connectivity index (χ3n) is 6.73. The van der Waals surface area contributed by atoms with Crippen LogP contribution in [0.5, 0.6) is 5.75 Å². The molecule has 2 aliphatic rings. The van der Waals surface area contributed by atoms with E-state index in [9.17, 15) is 13.2 Å². The molecule has 0 saturated heterocycles. The lowest BCUT2D eigenvalue weighted by Crippen LogP contribution is -2.37. The smallest absolute Gasteiger partial charge is 0.228 e.